The van der Waals surface area contributed by atoms with E-state index in [1.165, 1.54) is 5.56 Å². The second-order valence-electron chi connectivity index (χ2n) is 6.14. The minimum absolute atomic E-state index is 0.166. The average Bonchev–Trinajstić information content (AvgIpc) is 2.76. The third kappa shape index (κ3) is 3.14. The topological polar surface area (TPSA) is 32.3 Å². The molecule has 0 saturated carbocycles. The van der Waals surface area contributed by atoms with Crippen molar-refractivity contribution in [3.8, 4) is 0 Å². The van der Waals surface area contributed by atoms with Crippen LogP contribution in [0.2, 0.25) is 0 Å². The lowest BCUT2D eigenvalue weighted by molar-refractivity contribution is 0.0786. The first kappa shape index (κ1) is 14.9. The summed E-state index contributed by atoms with van der Waals surface area (Å²) >= 11 is 0. The molecule has 0 radical (unpaired) electrons. The van der Waals surface area contributed by atoms with Gasteiger partial charge in [0.2, 0.25) is 0 Å². The van der Waals surface area contributed by atoms with Gasteiger partial charge < -0.3 is 10.2 Å². The van der Waals surface area contributed by atoms with Gasteiger partial charge in [0.15, 0.2) is 0 Å². The maximum Gasteiger partial charge on any atom is 0.255 e. The molecule has 110 valence electrons. The number of nitrogens with zero attached hydrogens (tertiary/aromatic N) is 1. The molecule has 20 heavy (non-hydrogen) atoms. The van der Waals surface area contributed by atoms with Crippen molar-refractivity contribution < 1.29 is 4.79 Å². The Morgan fingerprint density at radius 1 is 1.30 bits per heavy atom. The Kier molecular flexibility index (Phi) is 4.69. The summed E-state index contributed by atoms with van der Waals surface area (Å²) in [7, 11) is 0. The number of nitrogens with one attached hydrogen (secondary N) is 1. The van der Waals surface area contributed by atoms with E-state index >= 15 is 0 Å². The van der Waals surface area contributed by atoms with Crippen molar-refractivity contribution in [3.63, 3.8) is 0 Å². The number of amides is 1. The van der Waals surface area contributed by atoms with Crippen LogP contribution < -0.4 is 5.32 Å². The maximum atomic E-state index is 12.7. The van der Waals surface area contributed by atoms with Gasteiger partial charge in [0.05, 0.1) is 5.56 Å². The number of hydrogen-bond acceptors (Lipinski definition) is 2. The van der Waals surface area contributed by atoms with Gasteiger partial charge in [-0.2, -0.15) is 0 Å². The molecule has 0 bridgehead atoms. The quantitative estimate of drug-likeness (QED) is 0.910. The number of anilines is 1. The summed E-state index contributed by atoms with van der Waals surface area (Å²) in [5, 5.41) is 3.38. The fourth-order valence-electron chi connectivity index (χ4n) is 2.72. The van der Waals surface area contributed by atoms with Gasteiger partial charge in [0, 0.05) is 25.3 Å². The molecule has 3 heteroatoms. The highest BCUT2D eigenvalue weighted by atomic mass is 16.2. The zero-order chi connectivity index (χ0) is 14.7. The second kappa shape index (κ2) is 6.29. The molecule has 2 rings (SSSR count). The van der Waals surface area contributed by atoms with Crippen molar-refractivity contribution in [2.45, 2.75) is 34.1 Å². The molecule has 1 saturated heterocycles. The number of rotatable bonds is 4. The van der Waals surface area contributed by atoms with Gasteiger partial charge in [0.25, 0.3) is 5.91 Å². The first-order chi connectivity index (χ1) is 9.52. The van der Waals surface area contributed by atoms with Crippen LogP contribution in [0.3, 0.4) is 0 Å². The number of carbonyl (C=O) groups excluding carboxylic acids is 1. The molecule has 2 unspecified atom stereocenters. The Hall–Kier alpha value is -1.51. The summed E-state index contributed by atoms with van der Waals surface area (Å²) < 4.78 is 0. The third-order valence-corrected chi connectivity index (χ3v) is 4.25. The second-order valence-corrected chi connectivity index (χ2v) is 6.14. The van der Waals surface area contributed by atoms with Gasteiger partial charge in [-0.05, 0) is 42.9 Å². The van der Waals surface area contributed by atoms with Crippen LogP contribution in [0.1, 0.15) is 43.1 Å². The highest BCUT2D eigenvalue weighted by Gasteiger charge is 2.30. The van der Waals surface area contributed by atoms with Crippen LogP contribution >= 0.6 is 0 Å². The molecule has 1 N–H and O–H groups in total. The van der Waals surface area contributed by atoms with E-state index in [2.05, 4.69) is 39.1 Å². The van der Waals surface area contributed by atoms with Crippen molar-refractivity contribution in [1.82, 2.24) is 4.90 Å². The maximum absolute atomic E-state index is 12.7. The van der Waals surface area contributed by atoms with Gasteiger partial charge in [-0.3, -0.25) is 4.79 Å². The molecular weight excluding hydrogens is 248 g/mol. The summed E-state index contributed by atoms with van der Waals surface area (Å²) in [5.41, 5.74) is 2.97. The summed E-state index contributed by atoms with van der Waals surface area (Å²) in [4.78, 5) is 14.7. The van der Waals surface area contributed by atoms with E-state index in [0.29, 0.717) is 11.8 Å². The number of benzene rings is 1. The fourth-order valence-corrected chi connectivity index (χ4v) is 2.72. The van der Waals surface area contributed by atoms with Crippen LogP contribution in [-0.2, 0) is 0 Å². The zero-order valence-electron chi connectivity index (χ0n) is 13.1. The van der Waals surface area contributed by atoms with Gasteiger partial charge in [-0.15, -0.1) is 0 Å². The number of carbonyl (C=O) groups is 1. The lowest BCUT2D eigenvalue weighted by Gasteiger charge is -2.19. The Morgan fingerprint density at radius 2 is 1.95 bits per heavy atom. The number of aryl methyl sites for hydroxylation is 1. The van der Waals surface area contributed by atoms with Crippen molar-refractivity contribution in [2.75, 3.05) is 25.0 Å². The van der Waals surface area contributed by atoms with Crippen LogP contribution in [0.5, 0.6) is 0 Å². The SMILES string of the molecule is CCCNc1cc(C)ccc1C(=O)N1CC(C)C(C)C1. The summed E-state index contributed by atoms with van der Waals surface area (Å²) in [6.07, 6.45) is 1.05. The minimum atomic E-state index is 0.166. The van der Waals surface area contributed by atoms with Crippen molar-refractivity contribution in [2.24, 2.45) is 11.8 Å². The fraction of sp³-hybridized carbons (Fsp3) is 0.588. The van der Waals surface area contributed by atoms with Crippen LogP contribution in [0.15, 0.2) is 18.2 Å². The molecule has 0 aromatic heterocycles. The molecule has 2 atom stereocenters. The zero-order valence-corrected chi connectivity index (χ0v) is 13.1. The molecule has 1 aliphatic heterocycles. The normalized spacial score (nSPS) is 22.1. The monoisotopic (exact) mass is 274 g/mol. The van der Waals surface area contributed by atoms with E-state index in [1.807, 2.05) is 17.0 Å². The van der Waals surface area contributed by atoms with E-state index in [4.69, 9.17) is 0 Å². The Bertz CT molecular complexity index is 474. The smallest absolute Gasteiger partial charge is 0.255 e. The minimum Gasteiger partial charge on any atom is -0.384 e. The van der Waals surface area contributed by atoms with Crippen LogP contribution in [0.25, 0.3) is 0 Å². The molecule has 0 aliphatic carbocycles. The highest BCUT2D eigenvalue weighted by Crippen LogP contribution is 2.26. The largest absolute Gasteiger partial charge is 0.384 e. The highest BCUT2D eigenvalue weighted by molar-refractivity contribution is 6.00. The van der Waals surface area contributed by atoms with Crippen LogP contribution in [0.4, 0.5) is 5.69 Å². The van der Waals surface area contributed by atoms with E-state index in [9.17, 15) is 4.79 Å². The number of likely N-dealkylation sites (tertiary alicyclic amines) is 1. The van der Waals surface area contributed by atoms with Gasteiger partial charge in [0.1, 0.15) is 0 Å². The van der Waals surface area contributed by atoms with E-state index in [-0.39, 0.29) is 5.91 Å². The summed E-state index contributed by atoms with van der Waals surface area (Å²) in [5.74, 6) is 1.35. The first-order valence-electron chi connectivity index (χ1n) is 7.66. The van der Waals surface area contributed by atoms with Crippen molar-refractivity contribution in [1.29, 1.82) is 0 Å². The van der Waals surface area contributed by atoms with Crippen molar-refractivity contribution >= 4 is 11.6 Å². The Labute approximate surface area is 122 Å². The Balaban J connectivity index is 2.21. The lowest BCUT2D eigenvalue weighted by Crippen LogP contribution is -2.29. The standard InChI is InChI=1S/C17H26N2O/c1-5-8-18-16-9-12(2)6-7-15(16)17(20)19-10-13(3)14(4)11-19/h6-7,9,13-14,18H,5,8,10-11H2,1-4H3. The molecule has 3 nitrogen and oxygen atoms in total. The molecule has 1 aromatic rings. The van der Waals surface area contributed by atoms with Gasteiger partial charge in [-0.1, -0.05) is 26.8 Å². The molecule has 1 heterocycles. The molecule has 1 aromatic carbocycles. The molecule has 1 aliphatic rings. The van der Waals surface area contributed by atoms with Gasteiger partial charge in [-0.25, -0.2) is 0 Å². The van der Waals surface area contributed by atoms with E-state index in [0.717, 1.165) is 37.3 Å². The molecule has 1 fully saturated rings. The predicted molar refractivity (Wildman–Crippen MR) is 84.2 cm³/mol. The van der Waals surface area contributed by atoms with Crippen molar-refractivity contribution in [3.05, 3.63) is 29.3 Å². The molecular formula is C17H26N2O. The first-order valence-corrected chi connectivity index (χ1v) is 7.66. The van der Waals surface area contributed by atoms with Crippen LogP contribution in [0, 0.1) is 18.8 Å². The van der Waals surface area contributed by atoms with E-state index < -0.39 is 0 Å². The number of hydrogen-bond donors (Lipinski definition) is 1. The van der Waals surface area contributed by atoms with Crippen LogP contribution in [-0.4, -0.2) is 30.4 Å². The predicted octanol–water partition coefficient (Wildman–Crippen LogP) is 3.54. The summed E-state index contributed by atoms with van der Waals surface area (Å²) in [6, 6.07) is 6.06. The summed E-state index contributed by atoms with van der Waals surface area (Å²) in [6.45, 7) is 11.3. The molecule has 0 spiro atoms. The average molecular weight is 274 g/mol. The molecule has 1 amide bonds. The van der Waals surface area contributed by atoms with E-state index in [1.54, 1.807) is 0 Å². The van der Waals surface area contributed by atoms with Gasteiger partial charge >= 0.3 is 0 Å². The third-order valence-electron chi connectivity index (χ3n) is 4.25. The lowest BCUT2D eigenvalue weighted by atomic mass is 10.0. The Morgan fingerprint density at radius 3 is 2.55 bits per heavy atom.